The number of benzene rings is 2. The molecule has 0 aliphatic carbocycles. The maximum atomic E-state index is 5.80. The highest BCUT2D eigenvalue weighted by atomic mass is 16.5. The molecule has 1 aliphatic rings. The minimum absolute atomic E-state index is 0.477. The topological polar surface area (TPSA) is 65.5 Å². The molecule has 0 fully saturated rings. The van der Waals surface area contributed by atoms with E-state index in [0.29, 0.717) is 32.4 Å². The van der Waals surface area contributed by atoms with Gasteiger partial charge in [0.1, 0.15) is 24.7 Å². The van der Waals surface area contributed by atoms with Gasteiger partial charge >= 0.3 is 0 Å². The van der Waals surface area contributed by atoms with E-state index in [1.54, 1.807) is 6.20 Å². The van der Waals surface area contributed by atoms with Crippen molar-refractivity contribution in [2.75, 3.05) is 31.7 Å². The lowest BCUT2D eigenvalue weighted by Gasteiger charge is -2.11. The first-order valence-corrected chi connectivity index (χ1v) is 9.92. The lowest BCUT2D eigenvalue weighted by Crippen LogP contribution is -2.12. The van der Waals surface area contributed by atoms with Crippen LogP contribution in [0.5, 0.6) is 11.5 Å². The molecular weight excluding hydrogens is 366 g/mol. The predicted octanol–water partition coefficient (Wildman–Crippen LogP) is 5.01. The molecule has 1 aliphatic heterocycles. The molecular formula is C23H27N3O3. The van der Waals surface area contributed by atoms with Crippen molar-refractivity contribution in [2.45, 2.75) is 20.8 Å². The number of hydrogen-bond donors (Lipinski definition) is 1. The van der Waals surface area contributed by atoms with E-state index in [2.05, 4.69) is 15.3 Å². The van der Waals surface area contributed by atoms with Crippen LogP contribution in [0.3, 0.4) is 0 Å². The molecule has 6 bridgehead atoms. The molecule has 0 spiro atoms. The summed E-state index contributed by atoms with van der Waals surface area (Å²) in [5.41, 5.74) is 3.76. The Morgan fingerprint density at radius 2 is 1.66 bits per heavy atom. The van der Waals surface area contributed by atoms with Gasteiger partial charge in [0.05, 0.1) is 18.9 Å². The van der Waals surface area contributed by atoms with Gasteiger partial charge in [-0.2, -0.15) is 0 Å². The zero-order valence-corrected chi connectivity index (χ0v) is 17.1. The summed E-state index contributed by atoms with van der Waals surface area (Å²) >= 11 is 0. The normalized spacial score (nSPS) is 13.5. The monoisotopic (exact) mass is 393 g/mol. The van der Waals surface area contributed by atoms with E-state index < -0.39 is 0 Å². The standard InChI is InChI=1S/C21H21N3O3.C2H6/c1-15-11-17-14-19(12-15)27-10-8-25-7-9-26-18-4-2-3-16(13-18)20-5-6-22-21(23-17)24-20;1-2/h2-6,11-14H,7-10H2,1H3,(H,22,23,24);1-2H3. The molecule has 2 aromatic carbocycles. The van der Waals surface area contributed by atoms with Crippen LogP contribution in [0.1, 0.15) is 19.4 Å². The van der Waals surface area contributed by atoms with Gasteiger partial charge in [0, 0.05) is 23.5 Å². The Kier molecular flexibility index (Phi) is 7.41. The molecule has 6 heteroatoms. The smallest absolute Gasteiger partial charge is 0.227 e. The van der Waals surface area contributed by atoms with Crippen LogP contribution in [0.2, 0.25) is 0 Å². The fourth-order valence-electron chi connectivity index (χ4n) is 2.90. The van der Waals surface area contributed by atoms with E-state index in [0.717, 1.165) is 34.0 Å². The number of aromatic nitrogens is 2. The van der Waals surface area contributed by atoms with Crippen LogP contribution in [0, 0.1) is 6.92 Å². The Labute approximate surface area is 171 Å². The quantitative estimate of drug-likeness (QED) is 0.579. The Morgan fingerprint density at radius 1 is 0.862 bits per heavy atom. The van der Waals surface area contributed by atoms with E-state index in [4.69, 9.17) is 14.2 Å². The zero-order chi connectivity index (χ0) is 20.5. The van der Waals surface area contributed by atoms with Gasteiger partial charge in [-0.3, -0.25) is 0 Å². The number of rotatable bonds is 0. The van der Waals surface area contributed by atoms with Crippen molar-refractivity contribution in [3.8, 4) is 22.8 Å². The van der Waals surface area contributed by atoms with Crippen LogP contribution < -0.4 is 14.8 Å². The molecule has 0 saturated heterocycles. The number of nitrogens with one attached hydrogen (secondary N) is 1. The Bertz CT molecular complexity index is 931. The third-order valence-electron chi connectivity index (χ3n) is 4.09. The molecule has 0 radical (unpaired) electrons. The Morgan fingerprint density at radius 3 is 2.48 bits per heavy atom. The van der Waals surface area contributed by atoms with E-state index in [1.165, 1.54) is 0 Å². The van der Waals surface area contributed by atoms with Crippen LogP contribution in [-0.4, -0.2) is 36.4 Å². The van der Waals surface area contributed by atoms with Crippen molar-refractivity contribution in [1.82, 2.24) is 9.97 Å². The third kappa shape index (κ3) is 5.93. The lowest BCUT2D eigenvalue weighted by molar-refractivity contribution is 0.0764. The molecule has 0 amide bonds. The summed E-state index contributed by atoms with van der Waals surface area (Å²) in [4.78, 5) is 8.97. The minimum atomic E-state index is 0.477. The fourth-order valence-corrected chi connectivity index (χ4v) is 2.90. The second kappa shape index (κ2) is 10.4. The summed E-state index contributed by atoms with van der Waals surface area (Å²) in [5, 5.41) is 3.26. The average molecular weight is 393 g/mol. The maximum Gasteiger partial charge on any atom is 0.227 e. The van der Waals surface area contributed by atoms with Crippen LogP contribution >= 0.6 is 0 Å². The summed E-state index contributed by atoms with van der Waals surface area (Å²) in [5.74, 6) is 2.10. The van der Waals surface area contributed by atoms with Crippen molar-refractivity contribution >= 4 is 11.6 Å². The SMILES string of the molecule is CC.Cc1cc2cc(c1)OCCOCCOc1cccc(c1)-c1ccnc(n1)N2. The van der Waals surface area contributed by atoms with Crippen molar-refractivity contribution < 1.29 is 14.2 Å². The van der Waals surface area contributed by atoms with Crippen LogP contribution in [0.25, 0.3) is 11.3 Å². The molecule has 0 unspecified atom stereocenters. The first-order valence-electron chi connectivity index (χ1n) is 9.92. The minimum Gasteiger partial charge on any atom is -0.491 e. The van der Waals surface area contributed by atoms with E-state index >= 15 is 0 Å². The van der Waals surface area contributed by atoms with Crippen LogP contribution in [0.4, 0.5) is 11.6 Å². The number of nitrogens with zero attached hydrogens (tertiary/aromatic N) is 2. The third-order valence-corrected chi connectivity index (χ3v) is 4.09. The van der Waals surface area contributed by atoms with Crippen molar-refractivity contribution in [3.63, 3.8) is 0 Å². The van der Waals surface area contributed by atoms with E-state index in [9.17, 15) is 0 Å². The van der Waals surface area contributed by atoms with Gasteiger partial charge in [0.2, 0.25) is 5.95 Å². The molecule has 152 valence electrons. The molecule has 6 nitrogen and oxygen atoms in total. The second-order valence-corrected chi connectivity index (χ2v) is 6.26. The van der Waals surface area contributed by atoms with E-state index in [-0.39, 0.29) is 0 Å². The van der Waals surface area contributed by atoms with Gasteiger partial charge in [-0.05, 0) is 42.8 Å². The van der Waals surface area contributed by atoms with Gasteiger partial charge < -0.3 is 19.5 Å². The first kappa shape index (κ1) is 20.6. The Balaban J connectivity index is 0.00000117. The molecule has 1 aromatic heterocycles. The van der Waals surface area contributed by atoms with Crippen molar-refractivity contribution in [3.05, 3.63) is 60.3 Å². The molecule has 0 saturated carbocycles. The van der Waals surface area contributed by atoms with Gasteiger partial charge in [-0.15, -0.1) is 0 Å². The van der Waals surface area contributed by atoms with Crippen molar-refractivity contribution in [2.24, 2.45) is 0 Å². The second-order valence-electron chi connectivity index (χ2n) is 6.26. The lowest BCUT2D eigenvalue weighted by atomic mass is 10.1. The first-order chi connectivity index (χ1) is 14.3. The average Bonchev–Trinajstić information content (AvgIpc) is 2.74. The number of anilines is 2. The highest BCUT2D eigenvalue weighted by molar-refractivity contribution is 5.64. The molecule has 4 rings (SSSR count). The highest BCUT2D eigenvalue weighted by Gasteiger charge is 2.07. The number of fused-ring (bicyclic) bond motifs is 7. The fraction of sp³-hybridized carbons (Fsp3) is 0.304. The largest absolute Gasteiger partial charge is 0.491 e. The predicted molar refractivity (Wildman–Crippen MR) is 115 cm³/mol. The van der Waals surface area contributed by atoms with Gasteiger partial charge in [0.15, 0.2) is 0 Å². The number of aryl methyl sites for hydroxylation is 1. The van der Waals surface area contributed by atoms with Gasteiger partial charge in [-0.1, -0.05) is 26.0 Å². The summed E-state index contributed by atoms with van der Waals surface area (Å²) in [6.07, 6.45) is 1.74. The molecule has 2 heterocycles. The zero-order valence-electron chi connectivity index (χ0n) is 17.1. The van der Waals surface area contributed by atoms with Gasteiger partial charge in [0.25, 0.3) is 0 Å². The summed E-state index contributed by atoms with van der Waals surface area (Å²) in [7, 11) is 0. The molecule has 3 aromatic rings. The Hall–Kier alpha value is -3.12. The summed E-state index contributed by atoms with van der Waals surface area (Å²) in [6, 6.07) is 15.7. The molecule has 0 atom stereocenters. The van der Waals surface area contributed by atoms with E-state index in [1.807, 2.05) is 69.3 Å². The number of hydrogen-bond acceptors (Lipinski definition) is 6. The highest BCUT2D eigenvalue weighted by Crippen LogP contribution is 2.26. The summed E-state index contributed by atoms with van der Waals surface area (Å²) < 4.78 is 17.2. The van der Waals surface area contributed by atoms with Crippen molar-refractivity contribution in [1.29, 1.82) is 0 Å². The van der Waals surface area contributed by atoms with Crippen LogP contribution in [0.15, 0.2) is 54.7 Å². The van der Waals surface area contributed by atoms with Gasteiger partial charge in [-0.25, -0.2) is 9.97 Å². The number of ether oxygens (including phenoxy) is 3. The molecule has 29 heavy (non-hydrogen) atoms. The van der Waals surface area contributed by atoms with Crippen LogP contribution in [-0.2, 0) is 4.74 Å². The summed E-state index contributed by atoms with van der Waals surface area (Å²) in [6.45, 7) is 7.99. The maximum absolute atomic E-state index is 5.80. The molecule has 1 N–H and O–H groups in total.